The van der Waals surface area contributed by atoms with Gasteiger partial charge in [0.05, 0.1) is 11.4 Å². The lowest BCUT2D eigenvalue weighted by Crippen LogP contribution is -2.11. The molecule has 0 aliphatic rings. The van der Waals surface area contributed by atoms with Crippen molar-refractivity contribution in [3.8, 4) is 0 Å². The first-order chi connectivity index (χ1) is 23.3. The summed E-state index contributed by atoms with van der Waals surface area (Å²) in [6.07, 6.45) is 17.1. The quantitative estimate of drug-likeness (QED) is 0.149. The highest BCUT2D eigenvalue weighted by Crippen LogP contribution is 2.43. The van der Waals surface area contributed by atoms with Gasteiger partial charge in [-0.05, 0) is 57.3 Å². The van der Waals surface area contributed by atoms with Crippen LogP contribution in [0.1, 0.15) is 22.3 Å². The summed E-state index contributed by atoms with van der Waals surface area (Å²) in [7, 11) is 0. The Morgan fingerprint density at radius 1 is 0.298 bits per heavy atom. The number of benzene rings is 7. The van der Waals surface area contributed by atoms with Crippen molar-refractivity contribution in [3.63, 3.8) is 0 Å². The van der Waals surface area contributed by atoms with E-state index >= 15 is 0 Å². The monoisotopic (exact) mass is 601 g/mol. The van der Waals surface area contributed by atoms with Crippen LogP contribution < -0.4 is 4.90 Å². The maximum Gasteiger partial charge on any atom is 0.0540 e. The maximum absolute atomic E-state index is 2.40. The van der Waals surface area contributed by atoms with Crippen LogP contribution in [0.2, 0.25) is 0 Å². The van der Waals surface area contributed by atoms with Crippen molar-refractivity contribution in [1.29, 1.82) is 0 Å². The van der Waals surface area contributed by atoms with E-state index in [1.54, 1.807) is 0 Å². The molecule has 0 saturated heterocycles. The van der Waals surface area contributed by atoms with Gasteiger partial charge < -0.3 is 4.90 Å². The molecule has 7 aromatic carbocycles. The predicted octanol–water partition coefficient (Wildman–Crippen LogP) is 12.9. The zero-order valence-electron chi connectivity index (χ0n) is 26.2. The van der Waals surface area contributed by atoms with Gasteiger partial charge in [0.25, 0.3) is 0 Å². The molecule has 1 nitrogen and oxygen atoms in total. The number of fused-ring (bicyclic) bond motifs is 2. The fraction of sp³-hybridized carbons (Fsp3) is 0. The fourth-order valence-electron chi connectivity index (χ4n) is 6.06. The molecule has 0 radical (unpaired) electrons. The number of anilines is 3. The Balaban J connectivity index is 1.30. The van der Waals surface area contributed by atoms with Crippen molar-refractivity contribution in [3.05, 3.63) is 210 Å². The van der Waals surface area contributed by atoms with Gasteiger partial charge in [-0.3, -0.25) is 0 Å². The van der Waals surface area contributed by atoms with Gasteiger partial charge >= 0.3 is 0 Å². The van der Waals surface area contributed by atoms with E-state index in [9.17, 15) is 0 Å². The summed E-state index contributed by atoms with van der Waals surface area (Å²) in [4.78, 5) is 2.40. The summed E-state index contributed by atoms with van der Waals surface area (Å²) in [5.41, 5.74) is 8.14. The van der Waals surface area contributed by atoms with Crippen LogP contribution in [0.5, 0.6) is 0 Å². The van der Waals surface area contributed by atoms with E-state index in [0.717, 1.165) is 17.1 Å². The van der Waals surface area contributed by atoms with Gasteiger partial charge in [-0.2, -0.15) is 0 Å². The Bertz CT molecular complexity index is 2080. The van der Waals surface area contributed by atoms with Gasteiger partial charge in [0.1, 0.15) is 0 Å². The van der Waals surface area contributed by atoms with Gasteiger partial charge in [-0.15, -0.1) is 0 Å². The lowest BCUT2D eigenvalue weighted by atomic mass is 9.98. The van der Waals surface area contributed by atoms with Gasteiger partial charge in [-0.1, -0.05) is 188 Å². The third kappa shape index (κ3) is 6.76. The highest BCUT2D eigenvalue weighted by atomic mass is 15.1. The lowest BCUT2D eigenvalue weighted by molar-refractivity contribution is 1.31. The maximum atomic E-state index is 2.40. The van der Waals surface area contributed by atoms with Crippen molar-refractivity contribution in [2.45, 2.75) is 0 Å². The number of rotatable bonds is 9. The van der Waals surface area contributed by atoms with Crippen LogP contribution >= 0.6 is 0 Å². The van der Waals surface area contributed by atoms with Crippen LogP contribution in [0.4, 0.5) is 17.1 Å². The molecule has 0 N–H and O–H groups in total. The number of hydrogen-bond donors (Lipinski definition) is 0. The van der Waals surface area contributed by atoms with Crippen molar-refractivity contribution < 1.29 is 0 Å². The summed E-state index contributed by atoms with van der Waals surface area (Å²) in [5.74, 6) is 0. The Hall–Kier alpha value is -6.18. The fourth-order valence-corrected chi connectivity index (χ4v) is 6.06. The average molecular weight is 602 g/mol. The highest BCUT2D eigenvalue weighted by Gasteiger charge is 2.18. The molecular weight excluding hydrogens is 567 g/mol. The summed E-state index contributed by atoms with van der Waals surface area (Å²) < 4.78 is 0. The van der Waals surface area contributed by atoms with Crippen molar-refractivity contribution in [2.24, 2.45) is 0 Å². The van der Waals surface area contributed by atoms with Gasteiger partial charge in [0, 0.05) is 16.5 Å². The molecule has 1 heteroatoms. The van der Waals surface area contributed by atoms with Gasteiger partial charge in [0.15, 0.2) is 0 Å². The summed E-state index contributed by atoms with van der Waals surface area (Å²) in [6.45, 7) is 0. The van der Waals surface area contributed by atoms with Crippen LogP contribution in [0.3, 0.4) is 0 Å². The lowest BCUT2D eigenvalue weighted by Gasteiger charge is -2.28. The Morgan fingerprint density at radius 2 is 0.660 bits per heavy atom. The SMILES string of the molecule is C(C=Cc1ccc(N(c2ccccc2)c2ccc(C=CC=Cc3ccccc3)c3ccccc23)c2ccccc12)=Cc1ccccc1. The molecular formula is C46H35N. The van der Waals surface area contributed by atoms with Gasteiger partial charge in [-0.25, -0.2) is 0 Å². The largest absolute Gasteiger partial charge is 0.309 e. The second kappa shape index (κ2) is 14.3. The molecule has 0 aromatic heterocycles. The van der Waals surface area contributed by atoms with E-state index in [-0.39, 0.29) is 0 Å². The molecule has 0 aliphatic carbocycles. The second-order valence-corrected chi connectivity index (χ2v) is 11.4. The van der Waals surface area contributed by atoms with Crippen LogP contribution in [0.15, 0.2) is 188 Å². The molecule has 7 aromatic rings. The van der Waals surface area contributed by atoms with Crippen LogP contribution in [-0.2, 0) is 0 Å². The molecule has 0 heterocycles. The zero-order valence-corrected chi connectivity index (χ0v) is 26.2. The number of nitrogens with zero attached hydrogens (tertiary/aromatic N) is 1. The Kier molecular flexibility index (Phi) is 8.97. The van der Waals surface area contributed by atoms with Crippen molar-refractivity contribution >= 4 is 62.9 Å². The van der Waals surface area contributed by atoms with E-state index in [4.69, 9.17) is 0 Å². The van der Waals surface area contributed by atoms with Gasteiger partial charge in [0.2, 0.25) is 0 Å². The summed E-state index contributed by atoms with van der Waals surface area (Å²) in [6, 6.07) is 57.9. The molecule has 0 saturated carbocycles. The molecule has 0 atom stereocenters. The van der Waals surface area contributed by atoms with E-state index in [1.807, 2.05) is 12.1 Å². The minimum atomic E-state index is 1.12. The Morgan fingerprint density at radius 3 is 1.11 bits per heavy atom. The first-order valence-corrected chi connectivity index (χ1v) is 16.0. The van der Waals surface area contributed by atoms with Crippen molar-refractivity contribution in [2.75, 3.05) is 4.90 Å². The van der Waals surface area contributed by atoms with E-state index in [2.05, 4.69) is 205 Å². The minimum Gasteiger partial charge on any atom is -0.309 e. The molecule has 7 rings (SSSR count). The predicted molar refractivity (Wildman–Crippen MR) is 205 cm³/mol. The molecule has 0 unspecified atom stereocenters. The topological polar surface area (TPSA) is 3.24 Å². The van der Waals surface area contributed by atoms with Crippen LogP contribution in [-0.4, -0.2) is 0 Å². The first kappa shape index (κ1) is 29.5. The normalized spacial score (nSPS) is 11.9. The minimum absolute atomic E-state index is 1.12. The first-order valence-electron chi connectivity index (χ1n) is 16.0. The smallest absolute Gasteiger partial charge is 0.0540 e. The summed E-state index contributed by atoms with van der Waals surface area (Å²) in [5, 5.41) is 4.82. The van der Waals surface area contributed by atoms with Crippen molar-refractivity contribution in [1.82, 2.24) is 0 Å². The zero-order chi connectivity index (χ0) is 31.7. The van der Waals surface area contributed by atoms with Crippen LogP contribution in [0.25, 0.3) is 45.8 Å². The Labute approximate surface area is 277 Å². The molecule has 0 bridgehead atoms. The second-order valence-electron chi connectivity index (χ2n) is 11.4. The van der Waals surface area contributed by atoms with E-state index < -0.39 is 0 Å². The molecule has 47 heavy (non-hydrogen) atoms. The molecule has 0 aliphatic heterocycles. The van der Waals surface area contributed by atoms with E-state index in [0.29, 0.717) is 0 Å². The third-order valence-corrected chi connectivity index (χ3v) is 8.32. The number of allylic oxidation sites excluding steroid dienone is 4. The standard InChI is InChI=1S/C46H35N/c1-4-18-36(19-5-1)22-10-12-24-38-32-34-45(43-30-16-14-28-41(38)43)47(40-26-8-3-9-27-40)46-35-33-39(42-29-15-17-31-44(42)46)25-13-11-23-37-20-6-2-7-21-37/h1-35H. The van der Waals surface area contributed by atoms with Crippen LogP contribution in [0, 0.1) is 0 Å². The van der Waals surface area contributed by atoms with E-state index in [1.165, 1.54) is 43.8 Å². The molecule has 0 fully saturated rings. The molecule has 0 amide bonds. The molecule has 224 valence electrons. The molecule has 0 spiro atoms. The number of para-hydroxylation sites is 1. The average Bonchev–Trinajstić information content (AvgIpc) is 3.14. The third-order valence-electron chi connectivity index (χ3n) is 8.32. The number of hydrogen-bond acceptors (Lipinski definition) is 1. The highest BCUT2D eigenvalue weighted by molar-refractivity contribution is 6.08. The summed E-state index contributed by atoms with van der Waals surface area (Å²) >= 11 is 0.